The number of rotatable bonds is 5. The van der Waals surface area contributed by atoms with Crippen LogP contribution in [0.15, 0.2) is 48.5 Å². The molecule has 1 spiro atoms. The number of benzene rings is 2. The number of carbonyl (C=O) groups is 2. The topological polar surface area (TPSA) is 61.9 Å². The van der Waals surface area contributed by atoms with Gasteiger partial charge in [0.25, 0.3) is 5.91 Å². The van der Waals surface area contributed by atoms with Crippen LogP contribution < -0.4 is 5.32 Å². The van der Waals surface area contributed by atoms with Crippen molar-refractivity contribution in [1.29, 1.82) is 0 Å². The number of halogens is 6. The number of imide groups is 1. The van der Waals surface area contributed by atoms with Gasteiger partial charge in [0.05, 0.1) is 29.4 Å². The Hall–Kier alpha value is -3.12. The molecular formula is C26H25F6N3O3. The molecule has 2 aromatic rings. The van der Waals surface area contributed by atoms with Gasteiger partial charge in [-0.2, -0.15) is 26.3 Å². The second kappa shape index (κ2) is 8.98. The van der Waals surface area contributed by atoms with Gasteiger partial charge in [-0.15, -0.1) is 0 Å². The van der Waals surface area contributed by atoms with Crippen molar-refractivity contribution in [3.8, 4) is 0 Å². The first-order chi connectivity index (χ1) is 17.8. The second-order valence-electron chi connectivity index (χ2n) is 10.1. The predicted octanol–water partition coefficient (Wildman–Crippen LogP) is 5.10. The lowest BCUT2D eigenvalue weighted by Crippen LogP contribution is -2.71. The molecule has 38 heavy (non-hydrogen) atoms. The van der Waals surface area contributed by atoms with Crippen LogP contribution in [0.1, 0.15) is 48.1 Å². The van der Waals surface area contributed by atoms with Crippen molar-refractivity contribution in [3.05, 3.63) is 70.8 Å². The van der Waals surface area contributed by atoms with Crippen molar-refractivity contribution in [1.82, 2.24) is 15.1 Å². The number of carbonyl (C=O) groups excluding carboxylic acids is 2. The Morgan fingerprint density at radius 3 is 2.18 bits per heavy atom. The molecule has 3 heterocycles. The molecule has 3 amide bonds. The molecule has 2 bridgehead atoms. The monoisotopic (exact) mass is 541 g/mol. The zero-order valence-electron chi connectivity index (χ0n) is 20.3. The summed E-state index contributed by atoms with van der Waals surface area (Å²) >= 11 is 0. The van der Waals surface area contributed by atoms with Crippen molar-refractivity contribution in [2.24, 2.45) is 0 Å². The number of alkyl halides is 6. The maximum atomic E-state index is 13.4. The summed E-state index contributed by atoms with van der Waals surface area (Å²) in [5.74, 6) is -0.369. The third kappa shape index (κ3) is 4.33. The average molecular weight is 541 g/mol. The predicted molar refractivity (Wildman–Crippen MR) is 123 cm³/mol. The fourth-order valence-electron chi connectivity index (χ4n) is 5.85. The molecule has 4 atom stereocenters. The highest BCUT2D eigenvalue weighted by molar-refractivity contribution is 6.07. The highest BCUT2D eigenvalue weighted by atomic mass is 19.4. The maximum absolute atomic E-state index is 13.4. The van der Waals surface area contributed by atoms with Crippen LogP contribution in [0, 0.1) is 0 Å². The van der Waals surface area contributed by atoms with Gasteiger partial charge in [0.1, 0.15) is 5.54 Å². The molecular weight excluding hydrogens is 516 g/mol. The quantitative estimate of drug-likeness (QED) is 0.423. The molecule has 1 unspecified atom stereocenters. The van der Waals surface area contributed by atoms with E-state index in [0.29, 0.717) is 38.1 Å². The van der Waals surface area contributed by atoms with Gasteiger partial charge in [0.15, 0.2) is 0 Å². The molecule has 0 aromatic heterocycles. The van der Waals surface area contributed by atoms with Crippen LogP contribution in [0.5, 0.6) is 0 Å². The lowest BCUT2D eigenvalue weighted by atomic mass is 9.72. The first-order valence-corrected chi connectivity index (χ1v) is 12.1. The summed E-state index contributed by atoms with van der Waals surface area (Å²) in [7, 11) is 0. The molecule has 3 aliphatic rings. The number of piperidine rings is 1. The van der Waals surface area contributed by atoms with E-state index in [-0.39, 0.29) is 30.7 Å². The summed E-state index contributed by atoms with van der Waals surface area (Å²) < 4.78 is 86.4. The Morgan fingerprint density at radius 1 is 0.947 bits per heavy atom. The van der Waals surface area contributed by atoms with E-state index in [1.807, 2.05) is 35.2 Å². The number of fused-ring (bicyclic) bond motifs is 1. The lowest BCUT2D eigenvalue weighted by molar-refractivity contribution is -0.147. The van der Waals surface area contributed by atoms with Crippen molar-refractivity contribution < 1.29 is 40.7 Å². The summed E-state index contributed by atoms with van der Waals surface area (Å²) in [6.07, 6.45) is -10.3. The van der Waals surface area contributed by atoms with Crippen molar-refractivity contribution in [2.75, 3.05) is 26.2 Å². The van der Waals surface area contributed by atoms with Crippen LogP contribution in [-0.2, 0) is 27.4 Å². The van der Waals surface area contributed by atoms with Crippen LogP contribution in [0.3, 0.4) is 0 Å². The molecule has 0 aliphatic carbocycles. The largest absolute Gasteiger partial charge is 0.416 e. The van der Waals surface area contributed by atoms with E-state index in [9.17, 15) is 35.9 Å². The van der Waals surface area contributed by atoms with E-state index in [2.05, 4.69) is 5.32 Å². The van der Waals surface area contributed by atoms with E-state index in [0.717, 1.165) is 5.56 Å². The minimum atomic E-state index is -4.96. The molecule has 12 heteroatoms. The third-order valence-corrected chi connectivity index (χ3v) is 7.97. The zero-order valence-corrected chi connectivity index (χ0v) is 20.3. The standard InChI is InChI=1S/C26H25F6N3O3/c1-16(17-11-19(25(27,28)29)13-20(12-17)26(30,31)32)38-15-24(18-5-3-2-4-6-18)8-7-23-14-34(24)9-10-35(23)22(37)33-21(23)36/h2-6,11-13,16H,7-10,14-15H2,1H3,(H,33,36,37)/t16-,23-,24-/m1/s1. The third-order valence-electron chi connectivity index (χ3n) is 7.97. The van der Waals surface area contributed by atoms with Crippen LogP contribution in [0.2, 0.25) is 0 Å². The molecule has 6 nitrogen and oxygen atoms in total. The molecule has 3 aliphatic heterocycles. The van der Waals surface area contributed by atoms with E-state index < -0.39 is 46.7 Å². The Morgan fingerprint density at radius 2 is 1.58 bits per heavy atom. The first kappa shape index (κ1) is 26.5. The summed E-state index contributed by atoms with van der Waals surface area (Å²) in [6.45, 7) is 2.32. The molecule has 5 rings (SSSR count). The highest BCUT2D eigenvalue weighted by Crippen LogP contribution is 2.47. The van der Waals surface area contributed by atoms with Gasteiger partial charge in [0.2, 0.25) is 0 Å². The van der Waals surface area contributed by atoms with Crippen LogP contribution in [0.25, 0.3) is 0 Å². The molecule has 1 N–H and O–H groups in total. The fraction of sp³-hybridized carbons (Fsp3) is 0.462. The highest BCUT2D eigenvalue weighted by Gasteiger charge is 2.61. The van der Waals surface area contributed by atoms with Gasteiger partial charge < -0.3 is 9.64 Å². The molecule has 2 aromatic carbocycles. The first-order valence-electron chi connectivity index (χ1n) is 12.1. The van der Waals surface area contributed by atoms with Gasteiger partial charge in [0, 0.05) is 19.6 Å². The lowest BCUT2D eigenvalue weighted by Gasteiger charge is -2.57. The number of nitrogens with zero attached hydrogens (tertiary/aromatic N) is 2. The molecule has 3 fully saturated rings. The van der Waals surface area contributed by atoms with Crippen LogP contribution in [-0.4, -0.2) is 53.5 Å². The fourth-order valence-corrected chi connectivity index (χ4v) is 5.85. The molecule has 204 valence electrons. The summed E-state index contributed by atoms with van der Waals surface area (Å²) in [4.78, 5) is 28.7. The van der Waals surface area contributed by atoms with E-state index in [1.54, 1.807) is 4.90 Å². The van der Waals surface area contributed by atoms with Crippen molar-refractivity contribution in [2.45, 2.75) is 49.3 Å². The number of amides is 3. The summed E-state index contributed by atoms with van der Waals surface area (Å²) in [5.41, 5.74) is -4.00. The average Bonchev–Trinajstić information content (AvgIpc) is 3.11. The van der Waals surface area contributed by atoms with Gasteiger partial charge in [-0.3, -0.25) is 15.0 Å². The van der Waals surface area contributed by atoms with Crippen molar-refractivity contribution in [3.63, 3.8) is 0 Å². The minimum Gasteiger partial charge on any atom is -0.372 e. The normalized spacial score (nSPS) is 28.2. The number of urea groups is 1. The number of hydrogen-bond acceptors (Lipinski definition) is 4. The van der Waals surface area contributed by atoms with Crippen LogP contribution in [0.4, 0.5) is 31.1 Å². The Kier molecular flexibility index (Phi) is 6.26. The molecule has 0 saturated carbocycles. The van der Waals surface area contributed by atoms with Gasteiger partial charge in [-0.25, -0.2) is 4.79 Å². The van der Waals surface area contributed by atoms with E-state index >= 15 is 0 Å². The number of hydrogen-bond donors (Lipinski definition) is 1. The number of ether oxygens (including phenoxy) is 1. The van der Waals surface area contributed by atoms with Crippen molar-refractivity contribution >= 4 is 11.9 Å². The van der Waals surface area contributed by atoms with Gasteiger partial charge in [-0.1, -0.05) is 30.3 Å². The Bertz CT molecular complexity index is 1220. The SMILES string of the molecule is C[C@@H](OC[C@@]1(c2ccccc2)CC[C@]23CN1CCN2C(=O)NC3=O)c1cc(C(F)(F)F)cc(C(F)(F)F)c1. The number of nitrogens with one attached hydrogen (secondary N) is 1. The van der Waals surface area contributed by atoms with E-state index in [1.165, 1.54) is 6.92 Å². The summed E-state index contributed by atoms with van der Waals surface area (Å²) in [5, 5.41) is 2.39. The second-order valence-corrected chi connectivity index (χ2v) is 10.1. The number of piperazine rings is 1. The molecule has 3 saturated heterocycles. The van der Waals surface area contributed by atoms with Gasteiger partial charge >= 0.3 is 18.4 Å². The van der Waals surface area contributed by atoms with Crippen LogP contribution >= 0.6 is 0 Å². The molecule has 0 radical (unpaired) electrons. The zero-order chi connectivity index (χ0) is 27.5. The Labute approximate surface area is 214 Å². The van der Waals surface area contributed by atoms with Gasteiger partial charge in [-0.05, 0) is 49.1 Å². The van der Waals surface area contributed by atoms with E-state index in [4.69, 9.17) is 4.74 Å². The Balaban J connectivity index is 1.46. The maximum Gasteiger partial charge on any atom is 0.416 e. The minimum absolute atomic E-state index is 0.0403. The smallest absolute Gasteiger partial charge is 0.372 e. The summed E-state index contributed by atoms with van der Waals surface area (Å²) in [6, 6.07) is 10.3.